The van der Waals surface area contributed by atoms with Gasteiger partial charge in [-0.1, -0.05) is 0 Å². The van der Waals surface area contributed by atoms with Crippen molar-refractivity contribution in [3.05, 3.63) is 69.5 Å². The number of rotatable bonds is 3. The molecule has 4 rings (SSSR count). The van der Waals surface area contributed by atoms with E-state index in [4.69, 9.17) is 0 Å². The number of hydrogen-bond donors (Lipinski definition) is 0. The minimum absolute atomic E-state index is 0.103. The van der Waals surface area contributed by atoms with E-state index >= 15 is 0 Å². The number of aryl methyl sites for hydroxylation is 1. The third-order valence-corrected chi connectivity index (χ3v) is 7.26. The Kier molecular flexibility index (Phi) is 4.78. The lowest BCUT2D eigenvalue weighted by atomic mass is 10.0. The highest BCUT2D eigenvalue weighted by Gasteiger charge is 2.30. The summed E-state index contributed by atoms with van der Waals surface area (Å²) < 4.78 is 66.4. The Morgan fingerprint density at radius 1 is 0.967 bits per heavy atom. The Bertz CT molecular complexity index is 1310. The molecule has 0 atom stereocenters. The molecule has 5 nitrogen and oxygen atoms in total. The van der Waals surface area contributed by atoms with Crippen molar-refractivity contribution in [3.8, 4) is 5.69 Å². The molecule has 0 aliphatic heterocycles. The monoisotopic (exact) mass is 436 g/mol. The standard InChI is InChI=1S/C21H19F3N2O3S/c1-25(2)30(28,29)15-10-11-19-18(12-15)16-4-3-5-17(16)20(27)26(19)14-8-6-13(7-9-14)21(22,23)24/h6-12H,3-5H2,1-2H3. The van der Waals surface area contributed by atoms with Crippen LogP contribution in [0, 0.1) is 0 Å². The molecular formula is C21H19F3N2O3S. The second kappa shape index (κ2) is 6.95. The van der Waals surface area contributed by atoms with Crippen molar-refractivity contribution in [3.63, 3.8) is 0 Å². The van der Waals surface area contributed by atoms with Crippen LogP contribution < -0.4 is 5.56 Å². The summed E-state index contributed by atoms with van der Waals surface area (Å²) in [5.74, 6) is 0. The summed E-state index contributed by atoms with van der Waals surface area (Å²) in [5, 5.41) is 0.630. The molecule has 158 valence electrons. The quantitative estimate of drug-likeness (QED) is 0.628. The van der Waals surface area contributed by atoms with Gasteiger partial charge >= 0.3 is 6.18 Å². The van der Waals surface area contributed by atoms with Crippen LogP contribution in [0.3, 0.4) is 0 Å². The highest BCUT2D eigenvalue weighted by atomic mass is 32.2. The van der Waals surface area contributed by atoms with Gasteiger partial charge in [0.2, 0.25) is 10.0 Å². The summed E-state index contributed by atoms with van der Waals surface area (Å²) >= 11 is 0. The number of alkyl halides is 3. The van der Waals surface area contributed by atoms with Crippen molar-refractivity contribution in [1.29, 1.82) is 0 Å². The van der Waals surface area contributed by atoms with Crippen LogP contribution in [0.5, 0.6) is 0 Å². The van der Waals surface area contributed by atoms with Crippen LogP contribution in [0.4, 0.5) is 13.2 Å². The van der Waals surface area contributed by atoms with Crippen LogP contribution >= 0.6 is 0 Å². The third kappa shape index (κ3) is 3.22. The summed E-state index contributed by atoms with van der Waals surface area (Å²) in [7, 11) is -0.799. The van der Waals surface area contributed by atoms with E-state index in [1.165, 1.54) is 36.9 Å². The van der Waals surface area contributed by atoms with Crippen LogP contribution in [0.1, 0.15) is 23.1 Å². The number of halogens is 3. The Hall–Kier alpha value is -2.65. The molecule has 0 bridgehead atoms. The number of pyridine rings is 1. The summed E-state index contributed by atoms with van der Waals surface area (Å²) in [5.41, 5.74) is 1.09. The highest BCUT2D eigenvalue weighted by Crippen LogP contribution is 2.33. The smallest absolute Gasteiger partial charge is 0.277 e. The molecule has 9 heteroatoms. The van der Waals surface area contributed by atoms with E-state index in [2.05, 4.69) is 0 Å². The van der Waals surface area contributed by atoms with E-state index in [1.807, 2.05) is 0 Å². The molecule has 1 heterocycles. The molecule has 30 heavy (non-hydrogen) atoms. The molecule has 0 saturated heterocycles. The molecule has 0 amide bonds. The molecule has 0 N–H and O–H groups in total. The molecular weight excluding hydrogens is 417 g/mol. The fourth-order valence-electron chi connectivity index (χ4n) is 3.90. The Balaban J connectivity index is 2.01. The van der Waals surface area contributed by atoms with Gasteiger partial charge in [0.25, 0.3) is 5.56 Å². The third-order valence-electron chi connectivity index (χ3n) is 5.44. The molecule has 0 fully saturated rings. The molecule has 2 aromatic carbocycles. The predicted octanol–water partition coefficient (Wildman–Crippen LogP) is 3.75. The van der Waals surface area contributed by atoms with Gasteiger partial charge in [0.15, 0.2) is 0 Å². The van der Waals surface area contributed by atoms with Crippen LogP contribution in [0.25, 0.3) is 16.6 Å². The molecule has 3 aromatic rings. The number of aromatic nitrogens is 1. The van der Waals surface area contributed by atoms with Crippen molar-refractivity contribution in [2.75, 3.05) is 14.1 Å². The second-order valence-corrected chi connectivity index (χ2v) is 9.61. The van der Waals surface area contributed by atoms with Crippen LogP contribution in [-0.2, 0) is 29.0 Å². The van der Waals surface area contributed by atoms with Crippen molar-refractivity contribution < 1.29 is 21.6 Å². The molecule has 1 aromatic heterocycles. The fourth-order valence-corrected chi connectivity index (χ4v) is 4.83. The normalized spacial score (nSPS) is 14.5. The first-order valence-electron chi connectivity index (χ1n) is 9.32. The molecule has 1 aliphatic carbocycles. The Morgan fingerprint density at radius 2 is 1.60 bits per heavy atom. The van der Waals surface area contributed by atoms with Gasteiger partial charge in [-0.25, -0.2) is 12.7 Å². The molecule has 0 radical (unpaired) electrons. The molecule has 0 saturated carbocycles. The zero-order valence-corrected chi connectivity index (χ0v) is 17.1. The molecule has 1 aliphatic rings. The van der Waals surface area contributed by atoms with Crippen molar-refractivity contribution in [2.45, 2.75) is 30.3 Å². The van der Waals surface area contributed by atoms with Crippen molar-refractivity contribution in [2.24, 2.45) is 0 Å². The fraction of sp³-hybridized carbons (Fsp3) is 0.286. The maximum absolute atomic E-state index is 13.2. The Labute approximate surface area is 171 Å². The van der Waals surface area contributed by atoms with Gasteiger partial charge in [0.1, 0.15) is 0 Å². The largest absolute Gasteiger partial charge is 0.416 e. The maximum Gasteiger partial charge on any atom is 0.416 e. The lowest BCUT2D eigenvalue weighted by Crippen LogP contribution is -2.24. The topological polar surface area (TPSA) is 59.4 Å². The number of benzene rings is 2. The molecule has 0 spiro atoms. The summed E-state index contributed by atoms with van der Waals surface area (Å²) in [6.45, 7) is 0. The zero-order chi connectivity index (χ0) is 21.8. The van der Waals surface area contributed by atoms with Gasteiger partial charge in [-0.3, -0.25) is 9.36 Å². The molecule has 0 unspecified atom stereocenters. The second-order valence-electron chi connectivity index (χ2n) is 7.46. The number of sulfonamides is 1. The number of nitrogens with zero attached hydrogens (tertiary/aromatic N) is 2. The first kappa shape index (κ1) is 20.6. The van der Waals surface area contributed by atoms with Gasteiger partial charge < -0.3 is 0 Å². The van der Waals surface area contributed by atoms with Gasteiger partial charge in [0.05, 0.1) is 16.0 Å². The lowest BCUT2D eigenvalue weighted by molar-refractivity contribution is -0.137. The minimum atomic E-state index is -4.47. The maximum atomic E-state index is 13.2. The van der Waals surface area contributed by atoms with Gasteiger partial charge in [-0.15, -0.1) is 0 Å². The number of fused-ring (bicyclic) bond motifs is 3. The van der Waals surface area contributed by atoms with Gasteiger partial charge in [0, 0.05) is 30.7 Å². The summed E-state index contributed by atoms with van der Waals surface area (Å²) in [4.78, 5) is 13.3. The van der Waals surface area contributed by atoms with E-state index < -0.39 is 21.8 Å². The summed E-state index contributed by atoms with van der Waals surface area (Å²) in [6, 6.07) is 8.90. The van der Waals surface area contributed by atoms with Crippen molar-refractivity contribution >= 4 is 20.9 Å². The van der Waals surface area contributed by atoms with E-state index in [9.17, 15) is 26.4 Å². The lowest BCUT2D eigenvalue weighted by Gasteiger charge is -2.17. The first-order valence-corrected chi connectivity index (χ1v) is 10.8. The average molecular weight is 436 g/mol. The van der Waals surface area contributed by atoms with Gasteiger partial charge in [-0.2, -0.15) is 13.2 Å². The number of hydrogen-bond acceptors (Lipinski definition) is 3. The van der Waals surface area contributed by atoms with E-state index in [-0.39, 0.29) is 10.5 Å². The van der Waals surface area contributed by atoms with Gasteiger partial charge in [-0.05, 0) is 67.3 Å². The first-order chi connectivity index (χ1) is 14.0. The van der Waals surface area contributed by atoms with Crippen LogP contribution in [0.2, 0.25) is 0 Å². The van der Waals surface area contributed by atoms with Crippen LogP contribution in [-0.4, -0.2) is 31.4 Å². The van der Waals surface area contributed by atoms with E-state index in [0.29, 0.717) is 35.0 Å². The van der Waals surface area contributed by atoms with E-state index in [1.54, 1.807) is 12.1 Å². The summed E-state index contributed by atoms with van der Waals surface area (Å²) in [6.07, 6.45) is -2.50. The Morgan fingerprint density at radius 3 is 2.20 bits per heavy atom. The highest BCUT2D eigenvalue weighted by molar-refractivity contribution is 7.89. The zero-order valence-electron chi connectivity index (χ0n) is 16.3. The van der Waals surface area contributed by atoms with Crippen molar-refractivity contribution in [1.82, 2.24) is 8.87 Å². The predicted molar refractivity (Wildman–Crippen MR) is 107 cm³/mol. The minimum Gasteiger partial charge on any atom is -0.277 e. The van der Waals surface area contributed by atoms with E-state index in [0.717, 1.165) is 28.4 Å². The van der Waals surface area contributed by atoms with Crippen LogP contribution in [0.15, 0.2) is 52.2 Å². The SMILES string of the molecule is CN(C)S(=O)(=O)c1ccc2c(c1)c1c(c(=O)n2-c2ccc(C(F)(F)F)cc2)CCC1. The average Bonchev–Trinajstić information content (AvgIpc) is 3.18.